The van der Waals surface area contributed by atoms with E-state index in [1.54, 1.807) is 4.90 Å². The van der Waals surface area contributed by atoms with E-state index in [9.17, 15) is 4.79 Å². The molecular weight excluding hydrogens is 334 g/mol. The fraction of sp³-hybridized carbons (Fsp3) is 0.350. The molecule has 0 aromatic heterocycles. The second-order valence-corrected chi connectivity index (χ2v) is 6.93. The number of carbonyl (C=O) groups is 1. The molecule has 2 aromatic carbocycles. The second kappa shape index (κ2) is 7.89. The van der Waals surface area contributed by atoms with Crippen molar-refractivity contribution in [2.75, 3.05) is 45.2 Å². The third-order valence-electron chi connectivity index (χ3n) is 4.66. The first kappa shape index (κ1) is 17.8. The molecule has 0 aliphatic carbocycles. The maximum absolute atomic E-state index is 12.8. The van der Waals surface area contributed by atoms with Crippen LogP contribution < -0.4 is 4.90 Å². The van der Waals surface area contributed by atoms with Gasteiger partial charge in [0.1, 0.15) is 6.04 Å². The number of amides is 1. The maximum atomic E-state index is 12.8. The standard InChI is InChI=1S/C20H24ClN3O/c1-22(2)20(25)19(16-8-4-3-5-9-16)24-14-12-23(13-15-24)18-11-7-6-10-17(18)21/h3-11,19H,12-15H2,1-2H3/t19-/m1/s1. The fourth-order valence-corrected chi connectivity index (χ4v) is 3.57. The van der Waals surface area contributed by atoms with Crippen LogP contribution in [0.1, 0.15) is 11.6 Å². The number of piperazine rings is 1. The summed E-state index contributed by atoms with van der Waals surface area (Å²) in [6.45, 7) is 3.36. The number of likely N-dealkylation sites (N-methyl/N-ethyl adjacent to an activating group) is 1. The highest BCUT2D eigenvalue weighted by Gasteiger charge is 2.31. The van der Waals surface area contributed by atoms with E-state index in [1.165, 1.54) is 0 Å². The monoisotopic (exact) mass is 357 g/mol. The Morgan fingerprint density at radius 2 is 1.56 bits per heavy atom. The molecule has 1 amide bonds. The number of para-hydroxylation sites is 1. The molecule has 0 saturated carbocycles. The molecule has 1 aliphatic heterocycles. The number of benzene rings is 2. The third-order valence-corrected chi connectivity index (χ3v) is 4.98. The van der Waals surface area contributed by atoms with Crippen molar-refractivity contribution in [1.29, 1.82) is 0 Å². The lowest BCUT2D eigenvalue weighted by Crippen LogP contribution is -2.51. The van der Waals surface area contributed by atoms with Gasteiger partial charge in [-0.2, -0.15) is 0 Å². The minimum atomic E-state index is -0.232. The highest BCUT2D eigenvalue weighted by Crippen LogP contribution is 2.29. The molecule has 3 rings (SSSR count). The molecule has 1 heterocycles. The first-order chi connectivity index (χ1) is 12.1. The number of rotatable bonds is 4. The van der Waals surface area contributed by atoms with Gasteiger partial charge in [0.2, 0.25) is 5.91 Å². The van der Waals surface area contributed by atoms with Gasteiger partial charge < -0.3 is 9.80 Å². The van der Waals surface area contributed by atoms with E-state index in [4.69, 9.17) is 11.6 Å². The molecule has 132 valence electrons. The van der Waals surface area contributed by atoms with E-state index in [1.807, 2.05) is 62.6 Å². The van der Waals surface area contributed by atoms with Crippen LogP contribution in [0.4, 0.5) is 5.69 Å². The van der Waals surface area contributed by atoms with E-state index in [2.05, 4.69) is 15.9 Å². The maximum Gasteiger partial charge on any atom is 0.244 e. The van der Waals surface area contributed by atoms with Crippen LogP contribution in [0.15, 0.2) is 54.6 Å². The zero-order chi connectivity index (χ0) is 17.8. The Kier molecular flexibility index (Phi) is 5.61. The molecular formula is C20H24ClN3O. The molecule has 0 unspecified atom stereocenters. The van der Waals surface area contributed by atoms with Crippen LogP contribution in [0.25, 0.3) is 0 Å². The highest BCUT2D eigenvalue weighted by molar-refractivity contribution is 6.33. The lowest BCUT2D eigenvalue weighted by molar-refractivity contribution is -0.134. The first-order valence-electron chi connectivity index (χ1n) is 8.57. The van der Waals surface area contributed by atoms with Gasteiger partial charge in [-0.15, -0.1) is 0 Å². The summed E-state index contributed by atoms with van der Waals surface area (Å²) in [5.41, 5.74) is 2.12. The van der Waals surface area contributed by atoms with Crippen molar-refractivity contribution in [2.45, 2.75) is 6.04 Å². The topological polar surface area (TPSA) is 26.8 Å². The molecule has 1 saturated heterocycles. The minimum absolute atomic E-state index is 0.123. The van der Waals surface area contributed by atoms with E-state index in [0.717, 1.165) is 42.5 Å². The Labute approximate surface area is 154 Å². The van der Waals surface area contributed by atoms with E-state index < -0.39 is 0 Å². The molecule has 2 aromatic rings. The van der Waals surface area contributed by atoms with Crippen LogP contribution in [-0.2, 0) is 4.79 Å². The van der Waals surface area contributed by atoms with Crippen molar-refractivity contribution in [3.8, 4) is 0 Å². The lowest BCUT2D eigenvalue weighted by Gasteiger charge is -2.40. The molecule has 4 nitrogen and oxygen atoms in total. The first-order valence-corrected chi connectivity index (χ1v) is 8.95. The summed E-state index contributed by atoms with van der Waals surface area (Å²) in [7, 11) is 3.64. The fourth-order valence-electron chi connectivity index (χ4n) is 3.32. The van der Waals surface area contributed by atoms with Crippen LogP contribution in [-0.4, -0.2) is 56.0 Å². The average molecular weight is 358 g/mol. The predicted octanol–water partition coefficient (Wildman–Crippen LogP) is 3.29. The van der Waals surface area contributed by atoms with Crippen LogP contribution in [0.2, 0.25) is 5.02 Å². The number of nitrogens with zero attached hydrogens (tertiary/aromatic N) is 3. The Morgan fingerprint density at radius 3 is 2.16 bits per heavy atom. The summed E-state index contributed by atoms with van der Waals surface area (Å²) < 4.78 is 0. The van der Waals surface area contributed by atoms with Gasteiger partial charge in [0.15, 0.2) is 0 Å². The molecule has 1 atom stereocenters. The van der Waals surface area contributed by atoms with E-state index in [-0.39, 0.29) is 11.9 Å². The summed E-state index contributed by atoms with van der Waals surface area (Å²) in [6.07, 6.45) is 0. The third kappa shape index (κ3) is 3.97. The Balaban J connectivity index is 1.76. The van der Waals surface area contributed by atoms with Gasteiger partial charge in [0.25, 0.3) is 0 Å². The van der Waals surface area contributed by atoms with Gasteiger partial charge in [-0.1, -0.05) is 54.1 Å². The van der Waals surface area contributed by atoms with Gasteiger partial charge >= 0.3 is 0 Å². The summed E-state index contributed by atoms with van der Waals surface area (Å²) in [5, 5.41) is 0.778. The zero-order valence-corrected chi connectivity index (χ0v) is 15.5. The van der Waals surface area contributed by atoms with E-state index in [0.29, 0.717) is 0 Å². The van der Waals surface area contributed by atoms with Gasteiger partial charge in [-0.05, 0) is 17.7 Å². The molecule has 0 N–H and O–H groups in total. The van der Waals surface area contributed by atoms with E-state index >= 15 is 0 Å². The smallest absolute Gasteiger partial charge is 0.244 e. The predicted molar refractivity (Wildman–Crippen MR) is 103 cm³/mol. The summed E-state index contributed by atoms with van der Waals surface area (Å²) in [5.74, 6) is 0.123. The van der Waals surface area contributed by atoms with Crippen LogP contribution in [0, 0.1) is 0 Å². The molecule has 0 bridgehead atoms. The molecule has 1 fully saturated rings. The lowest BCUT2D eigenvalue weighted by atomic mass is 10.0. The van der Waals surface area contributed by atoms with Gasteiger partial charge in [0, 0.05) is 40.3 Å². The van der Waals surface area contributed by atoms with Crippen molar-refractivity contribution in [3.05, 3.63) is 65.2 Å². The largest absolute Gasteiger partial charge is 0.368 e. The number of hydrogen-bond acceptors (Lipinski definition) is 3. The number of anilines is 1. The van der Waals surface area contributed by atoms with Crippen molar-refractivity contribution in [2.24, 2.45) is 0 Å². The van der Waals surface area contributed by atoms with Gasteiger partial charge in [0.05, 0.1) is 10.7 Å². The number of hydrogen-bond donors (Lipinski definition) is 0. The molecule has 5 heteroatoms. The Morgan fingerprint density at radius 1 is 0.960 bits per heavy atom. The van der Waals surface area contributed by atoms with Crippen molar-refractivity contribution in [3.63, 3.8) is 0 Å². The average Bonchev–Trinajstić information content (AvgIpc) is 2.64. The summed E-state index contributed by atoms with van der Waals surface area (Å²) in [4.78, 5) is 19.0. The summed E-state index contributed by atoms with van der Waals surface area (Å²) in [6, 6.07) is 17.7. The normalized spacial score (nSPS) is 16.5. The van der Waals surface area contributed by atoms with Crippen LogP contribution in [0.5, 0.6) is 0 Å². The summed E-state index contributed by atoms with van der Waals surface area (Å²) >= 11 is 6.33. The molecule has 0 radical (unpaired) electrons. The van der Waals surface area contributed by atoms with Crippen LogP contribution >= 0.6 is 11.6 Å². The minimum Gasteiger partial charge on any atom is -0.368 e. The molecule has 25 heavy (non-hydrogen) atoms. The van der Waals surface area contributed by atoms with Gasteiger partial charge in [-0.3, -0.25) is 9.69 Å². The second-order valence-electron chi connectivity index (χ2n) is 6.52. The van der Waals surface area contributed by atoms with Crippen molar-refractivity contribution >= 4 is 23.2 Å². The number of halogens is 1. The van der Waals surface area contributed by atoms with Crippen LogP contribution in [0.3, 0.4) is 0 Å². The zero-order valence-electron chi connectivity index (χ0n) is 14.7. The van der Waals surface area contributed by atoms with Crippen molar-refractivity contribution < 1.29 is 4.79 Å². The Hall–Kier alpha value is -2.04. The van der Waals surface area contributed by atoms with Crippen molar-refractivity contribution in [1.82, 2.24) is 9.80 Å². The SMILES string of the molecule is CN(C)C(=O)[C@@H](c1ccccc1)N1CCN(c2ccccc2Cl)CC1. The van der Waals surface area contributed by atoms with Gasteiger partial charge in [-0.25, -0.2) is 0 Å². The Bertz CT molecular complexity index is 712. The molecule has 0 spiro atoms. The highest BCUT2D eigenvalue weighted by atomic mass is 35.5. The quantitative estimate of drug-likeness (QED) is 0.840. The number of carbonyl (C=O) groups excluding carboxylic acids is 1. The molecule has 1 aliphatic rings.